The Bertz CT molecular complexity index is 2250. The molecule has 15 heteroatoms. The molecule has 7 aromatic heterocycles. The third-order valence-corrected chi connectivity index (χ3v) is 15.9. The summed E-state index contributed by atoms with van der Waals surface area (Å²) in [4.78, 5) is 9.83. The third kappa shape index (κ3) is 21.7. The van der Waals surface area contributed by atoms with E-state index in [1.54, 1.807) is 19.1 Å². The van der Waals surface area contributed by atoms with Crippen LogP contribution in [0.15, 0.2) is 47.8 Å². The molecule has 0 aliphatic rings. The molecule has 0 amide bonds. The van der Waals surface area contributed by atoms with E-state index in [1.165, 1.54) is 70.7 Å². The number of hydrogen-bond acceptors (Lipinski definition) is 7. The van der Waals surface area contributed by atoms with Crippen LogP contribution in [0.1, 0.15) is 156 Å². The molecular weight excluding hydrogens is 989 g/mol. The van der Waals surface area contributed by atoms with Gasteiger partial charge in [0.15, 0.2) is 20.5 Å². The Balaban J connectivity index is 0.000000386. The van der Waals surface area contributed by atoms with E-state index in [4.69, 9.17) is 0 Å². The summed E-state index contributed by atoms with van der Waals surface area (Å²) in [6.45, 7) is 37.1. The highest BCUT2D eigenvalue weighted by Crippen LogP contribution is 2.36. The van der Waals surface area contributed by atoms with Crippen LogP contribution in [-0.4, -0.2) is 0 Å². The summed E-state index contributed by atoms with van der Waals surface area (Å²) in [5, 5.41) is 0.751. The highest BCUT2D eigenvalue weighted by atomic mass is 32.1. The lowest BCUT2D eigenvalue weighted by Gasteiger charge is -2.03. The van der Waals surface area contributed by atoms with Crippen LogP contribution in [-0.2, 0) is 6.18 Å². The maximum Gasteiger partial charge on any atom is 0.417 e. The Hall–Kier alpha value is -2.66. The molecule has 7 rings (SSSR count). The number of aryl methyl sites for hydroxylation is 10. The van der Waals surface area contributed by atoms with Gasteiger partial charge in [0.1, 0.15) is 5.82 Å². The van der Waals surface area contributed by atoms with E-state index in [0.29, 0.717) is 46.0 Å². The zero-order valence-electron chi connectivity index (χ0n) is 41.3. The quantitative estimate of drug-likeness (QED) is 0.154. The summed E-state index contributed by atoms with van der Waals surface area (Å²) in [5.74, 6) is 2.05. The zero-order chi connectivity index (χ0) is 51.0. The molecule has 66 heavy (non-hydrogen) atoms. The molecule has 0 saturated heterocycles. The molecule has 0 saturated carbocycles. The van der Waals surface area contributed by atoms with Crippen molar-refractivity contribution in [2.75, 3.05) is 0 Å². The normalized spacial score (nSPS) is 10.8. The SMILES string of the molecule is Cc1cc(C(C)C)c(C)s1.Cc1cc(C(C)C)c(C)s1.Cc1cc(F)sc1C.Cc1sc(F)cc1C(C)C.Cc1sc(F)cc1C(F)(F)F.Cc1sc(F)cc1F.Cc1sccc1C(C)C. The maximum absolute atomic E-state index is 12.6. The van der Waals surface area contributed by atoms with Crippen LogP contribution in [0.4, 0.5) is 35.1 Å². The molecular formula is C51H66F8S7. The summed E-state index contributed by atoms with van der Waals surface area (Å²) < 4.78 is 96.8. The van der Waals surface area contributed by atoms with Gasteiger partial charge in [0.2, 0.25) is 0 Å². The second-order valence-corrected chi connectivity index (χ2v) is 25.5. The van der Waals surface area contributed by atoms with Crippen molar-refractivity contribution in [2.24, 2.45) is 0 Å². The maximum atomic E-state index is 12.6. The molecule has 0 unspecified atom stereocenters. The van der Waals surface area contributed by atoms with Crippen LogP contribution in [0.3, 0.4) is 0 Å². The lowest BCUT2D eigenvalue weighted by atomic mass is 10.0. The first-order chi connectivity index (χ1) is 30.3. The molecule has 368 valence electrons. The second kappa shape index (κ2) is 28.7. The lowest BCUT2D eigenvalue weighted by Crippen LogP contribution is -2.04. The van der Waals surface area contributed by atoms with Crippen molar-refractivity contribution in [2.45, 2.75) is 154 Å². The van der Waals surface area contributed by atoms with Crippen molar-refractivity contribution in [3.8, 4) is 0 Å². The third-order valence-electron chi connectivity index (χ3n) is 9.63. The van der Waals surface area contributed by atoms with Gasteiger partial charge < -0.3 is 0 Å². The molecule has 0 bridgehead atoms. The van der Waals surface area contributed by atoms with E-state index in [2.05, 4.69) is 114 Å². The first kappa shape index (κ1) is 61.4. The van der Waals surface area contributed by atoms with Gasteiger partial charge in [-0.05, 0) is 163 Å². The van der Waals surface area contributed by atoms with Crippen molar-refractivity contribution in [1.82, 2.24) is 0 Å². The fourth-order valence-electron chi connectivity index (χ4n) is 6.15. The fourth-order valence-corrected chi connectivity index (χ4v) is 12.2. The topological polar surface area (TPSA) is 0 Å². The van der Waals surface area contributed by atoms with E-state index in [9.17, 15) is 35.1 Å². The average molecular weight is 1060 g/mol. The molecule has 0 fully saturated rings. The highest BCUT2D eigenvalue weighted by Gasteiger charge is 2.34. The molecule has 0 aliphatic heterocycles. The smallest absolute Gasteiger partial charge is 0.206 e. The number of alkyl halides is 3. The van der Waals surface area contributed by atoms with E-state index in [1.807, 2.05) is 54.8 Å². The molecule has 0 spiro atoms. The van der Waals surface area contributed by atoms with Crippen LogP contribution in [0.2, 0.25) is 0 Å². The van der Waals surface area contributed by atoms with Crippen molar-refractivity contribution in [1.29, 1.82) is 0 Å². The van der Waals surface area contributed by atoms with Crippen molar-refractivity contribution >= 4 is 79.4 Å². The number of hydrogen-bond donors (Lipinski definition) is 0. The van der Waals surface area contributed by atoms with Gasteiger partial charge in [0, 0.05) is 50.0 Å². The van der Waals surface area contributed by atoms with Crippen molar-refractivity contribution < 1.29 is 35.1 Å². The Morgan fingerprint density at radius 2 is 0.742 bits per heavy atom. The van der Waals surface area contributed by atoms with Gasteiger partial charge in [-0.25, -0.2) is 4.39 Å². The van der Waals surface area contributed by atoms with Gasteiger partial charge in [-0.2, -0.15) is 30.7 Å². The van der Waals surface area contributed by atoms with Crippen LogP contribution in [0.5, 0.6) is 0 Å². The number of rotatable bonds is 4. The van der Waals surface area contributed by atoms with E-state index >= 15 is 0 Å². The van der Waals surface area contributed by atoms with Crippen LogP contribution in [0, 0.1) is 95.6 Å². The summed E-state index contributed by atoms with van der Waals surface area (Å²) >= 11 is 9.40. The average Bonchev–Trinajstić information content (AvgIpc) is 4.06. The molecule has 7 heterocycles. The minimum absolute atomic E-state index is 0.0324. The van der Waals surface area contributed by atoms with Gasteiger partial charge in [0.05, 0.1) is 5.56 Å². The van der Waals surface area contributed by atoms with Crippen LogP contribution < -0.4 is 0 Å². The summed E-state index contributed by atoms with van der Waals surface area (Å²) in [7, 11) is 0. The molecule has 0 radical (unpaired) electrons. The summed E-state index contributed by atoms with van der Waals surface area (Å²) in [6, 6.07) is 11.4. The number of thiophene rings is 7. The molecule has 0 nitrogen and oxygen atoms in total. The summed E-state index contributed by atoms with van der Waals surface area (Å²) in [6.07, 6.45) is -4.43. The fraction of sp³-hybridized carbons (Fsp3) is 0.451. The molecule has 0 atom stereocenters. The Morgan fingerprint density at radius 1 is 0.379 bits per heavy atom. The van der Waals surface area contributed by atoms with Crippen molar-refractivity contribution in [3.63, 3.8) is 0 Å². The Labute approximate surface area is 417 Å². The Morgan fingerprint density at radius 3 is 0.894 bits per heavy atom. The molecule has 0 N–H and O–H groups in total. The molecule has 7 aromatic rings. The monoisotopic (exact) mass is 1050 g/mol. The van der Waals surface area contributed by atoms with Gasteiger partial charge in [-0.3, -0.25) is 0 Å². The first-order valence-corrected chi connectivity index (χ1v) is 27.0. The lowest BCUT2D eigenvalue weighted by molar-refractivity contribution is -0.137. The highest BCUT2D eigenvalue weighted by molar-refractivity contribution is 7.12. The zero-order valence-corrected chi connectivity index (χ0v) is 47.0. The van der Waals surface area contributed by atoms with Gasteiger partial charge in [-0.15, -0.1) is 79.4 Å². The molecule has 0 aliphatic carbocycles. The first-order valence-electron chi connectivity index (χ1n) is 21.3. The van der Waals surface area contributed by atoms with Gasteiger partial charge in [0.25, 0.3) is 0 Å². The van der Waals surface area contributed by atoms with Crippen molar-refractivity contribution in [3.05, 3.63) is 151 Å². The predicted octanol–water partition coefficient (Wildman–Crippen LogP) is 21.5. The van der Waals surface area contributed by atoms with Crippen LogP contribution in [0.25, 0.3) is 0 Å². The van der Waals surface area contributed by atoms with E-state index in [-0.39, 0.29) is 15.1 Å². The van der Waals surface area contributed by atoms with Gasteiger partial charge >= 0.3 is 6.18 Å². The predicted molar refractivity (Wildman–Crippen MR) is 279 cm³/mol. The van der Waals surface area contributed by atoms with E-state index in [0.717, 1.165) is 38.3 Å². The molecule has 0 aromatic carbocycles. The number of halogens is 8. The second-order valence-electron chi connectivity index (χ2n) is 16.6. The van der Waals surface area contributed by atoms with Gasteiger partial charge in [-0.1, -0.05) is 55.4 Å². The standard InChI is InChI=1S/2C9H14S.C8H11FS.C8H12S.C6H4F4S.C6H7FS.C5H4F2S/c2*1-6(2)9-5-7(3)10-8(9)4;1-5(2)7-4-8(9)10-6(7)3;1-6(2)8-4-5-9-7(8)3;1-3-4(6(8,9)10)2-5(7)11-3;1-4-3-6(7)8-5(4)2;1-3-4(6)2-5(7)8-3/h2*5-6H,1-4H3;4-5H,1-3H3;4-6H,1-3H3;2H,1H3;3H,1-2H3;2H,1H3. The Kier molecular flexibility index (Phi) is 26.7. The minimum Gasteiger partial charge on any atom is -0.206 e. The van der Waals surface area contributed by atoms with Crippen LogP contribution >= 0.6 is 79.4 Å². The minimum atomic E-state index is -4.43. The largest absolute Gasteiger partial charge is 0.417 e. The summed E-state index contributed by atoms with van der Waals surface area (Å²) in [5.41, 5.74) is 5.85. The van der Waals surface area contributed by atoms with E-state index < -0.39 is 27.8 Å².